The number of hydrogen-bond acceptors (Lipinski definition) is 4. The van der Waals surface area contributed by atoms with Gasteiger partial charge in [0.15, 0.2) is 0 Å². The van der Waals surface area contributed by atoms with Crippen molar-refractivity contribution in [3.05, 3.63) is 35.4 Å². The molecular formula is C16H24N2O4S. The zero-order valence-corrected chi connectivity index (χ0v) is 14.4. The minimum atomic E-state index is -3.39. The molecule has 0 aliphatic carbocycles. The predicted octanol–water partition coefficient (Wildman–Crippen LogP) is 2.04. The van der Waals surface area contributed by atoms with E-state index in [1.54, 1.807) is 6.92 Å². The maximum Gasteiger partial charge on any atom is 0.407 e. The zero-order chi connectivity index (χ0) is 16.9. The summed E-state index contributed by atoms with van der Waals surface area (Å²) in [5, 5.41) is 2.73. The summed E-state index contributed by atoms with van der Waals surface area (Å²) in [6.45, 7) is 4.77. The molecule has 1 heterocycles. The molecule has 0 unspecified atom stereocenters. The van der Waals surface area contributed by atoms with E-state index < -0.39 is 16.1 Å². The second-order valence-corrected chi connectivity index (χ2v) is 7.78. The van der Waals surface area contributed by atoms with Crippen molar-refractivity contribution in [2.45, 2.75) is 38.5 Å². The van der Waals surface area contributed by atoms with Crippen LogP contribution in [-0.4, -0.2) is 44.6 Å². The number of ether oxygens (including phenoxy) is 1. The third-order valence-electron chi connectivity index (χ3n) is 3.81. The number of amides is 1. The number of benzene rings is 1. The highest BCUT2D eigenvalue weighted by Crippen LogP contribution is 2.18. The summed E-state index contributed by atoms with van der Waals surface area (Å²) >= 11 is 0. The zero-order valence-electron chi connectivity index (χ0n) is 13.6. The van der Waals surface area contributed by atoms with Crippen molar-refractivity contribution in [1.29, 1.82) is 0 Å². The van der Waals surface area contributed by atoms with Gasteiger partial charge in [-0.25, -0.2) is 13.2 Å². The Kier molecular flexibility index (Phi) is 6.01. The number of rotatable bonds is 5. The Morgan fingerprint density at radius 3 is 2.91 bits per heavy atom. The lowest BCUT2D eigenvalue weighted by Gasteiger charge is -2.32. The number of hydrogen-bond donors (Lipinski definition) is 1. The van der Waals surface area contributed by atoms with E-state index >= 15 is 0 Å². The van der Waals surface area contributed by atoms with Gasteiger partial charge < -0.3 is 10.1 Å². The van der Waals surface area contributed by atoms with Crippen LogP contribution in [-0.2, 0) is 20.5 Å². The van der Waals surface area contributed by atoms with Gasteiger partial charge in [0.2, 0.25) is 10.0 Å². The number of nitrogens with one attached hydrogen (secondary N) is 1. The molecule has 0 bridgehead atoms. The first kappa shape index (κ1) is 17.7. The SMILES string of the molecule is CCOC(=O)N[C@@H]1CCCN(S(=O)(=O)Cc2cccc(C)c2)C1. The summed E-state index contributed by atoms with van der Waals surface area (Å²) in [7, 11) is -3.39. The topological polar surface area (TPSA) is 75.7 Å². The first-order valence-corrected chi connectivity index (χ1v) is 9.48. The summed E-state index contributed by atoms with van der Waals surface area (Å²) in [5.74, 6) is -0.0131. The van der Waals surface area contributed by atoms with Crippen molar-refractivity contribution in [1.82, 2.24) is 9.62 Å². The number of carbonyl (C=O) groups excluding carboxylic acids is 1. The molecule has 0 saturated carbocycles. The molecule has 128 valence electrons. The van der Waals surface area contributed by atoms with Crippen LogP contribution in [0, 0.1) is 6.92 Å². The van der Waals surface area contributed by atoms with Crippen LogP contribution in [0.5, 0.6) is 0 Å². The molecule has 0 aromatic heterocycles. The van der Waals surface area contributed by atoms with Gasteiger partial charge in [-0.1, -0.05) is 29.8 Å². The summed E-state index contributed by atoms with van der Waals surface area (Å²) in [6.07, 6.45) is 0.995. The molecule has 1 N–H and O–H groups in total. The van der Waals surface area contributed by atoms with Crippen LogP contribution in [0.15, 0.2) is 24.3 Å². The Hall–Kier alpha value is -1.60. The van der Waals surface area contributed by atoms with Gasteiger partial charge in [0.25, 0.3) is 0 Å². The number of nitrogens with zero attached hydrogens (tertiary/aromatic N) is 1. The van der Waals surface area contributed by atoms with Crippen LogP contribution in [0.1, 0.15) is 30.9 Å². The van der Waals surface area contributed by atoms with Gasteiger partial charge in [-0.3, -0.25) is 0 Å². The number of aryl methyl sites for hydroxylation is 1. The van der Waals surface area contributed by atoms with E-state index in [0.29, 0.717) is 19.7 Å². The summed E-state index contributed by atoms with van der Waals surface area (Å²) < 4.78 is 31.5. The van der Waals surface area contributed by atoms with Crippen molar-refractivity contribution < 1.29 is 17.9 Å². The first-order valence-electron chi connectivity index (χ1n) is 7.87. The minimum Gasteiger partial charge on any atom is -0.450 e. The lowest BCUT2D eigenvalue weighted by atomic mass is 10.1. The number of piperidine rings is 1. The molecule has 0 radical (unpaired) electrons. The molecule has 23 heavy (non-hydrogen) atoms. The van der Waals surface area contributed by atoms with Crippen LogP contribution < -0.4 is 5.32 Å². The third kappa shape index (κ3) is 5.21. The predicted molar refractivity (Wildman–Crippen MR) is 88.6 cm³/mol. The van der Waals surface area contributed by atoms with E-state index in [9.17, 15) is 13.2 Å². The normalized spacial score (nSPS) is 19.3. The molecule has 1 atom stereocenters. The third-order valence-corrected chi connectivity index (χ3v) is 5.62. The van der Waals surface area contributed by atoms with Crippen molar-refractivity contribution in [3.63, 3.8) is 0 Å². The van der Waals surface area contributed by atoms with E-state index in [2.05, 4.69) is 5.32 Å². The monoisotopic (exact) mass is 340 g/mol. The smallest absolute Gasteiger partial charge is 0.407 e. The van der Waals surface area contributed by atoms with Crippen LogP contribution in [0.4, 0.5) is 4.79 Å². The number of sulfonamides is 1. The van der Waals surface area contributed by atoms with Crippen molar-refractivity contribution >= 4 is 16.1 Å². The number of carbonyl (C=O) groups is 1. The fourth-order valence-electron chi connectivity index (χ4n) is 2.76. The molecule has 1 saturated heterocycles. The molecule has 2 rings (SSSR count). The van der Waals surface area contributed by atoms with E-state index in [-0.39, 0.29) is 11.8 Å². The van der Waals surface area contributed by atoms with Crippen molar-refractivity contribution in [2.24, 2.45) is 0 Å². The second-order valence-electron chi connectivity index (χ2n) is 5.81. The Balaban J connectivity index is 2.00. The molecule has 6 nitrogen and oxygen atoms in total. The van der Waals surface area contributed by atoms with Gasteiger partial charge in [0.1, 0.15) is 0 Å². The molecule has 7 heteroatoms. The van der Waals surface area contributed by atoms with Gasteiger partial charge in [0, 0.05) is 19.1 Å². The van der Waals surface area contributed by atoms with E-state index in [0.717, 1.165) is 24.0 Å². The average molecular weight is 340 g/mol. The summed E-state index contributed by atoms with van der Waals surface area (Å²) in [5.41, 5.74) is 1.82. The average Bonchev–Trinajstić information content (AvgIpc) is 2.47. The van der Waals surface area contributed by atoms with Gasteiger partial charge in [-0.2, -0.15) is 4.31 Å². The van der Waals surface area contributed by atoms with Gasteiger partial charge in [0.05, 0.1) is 12.4 Å². The van der Waals surface area contributed by atoms with Crippen LogP contribution in [0.3, 0.4) is 0 Å². The quantitative estimate of drug-likeness (QED) is 0.890. The van der Waals surface area contributed by atoms with E-state index in [4.69, 9.17) is 4.74 Å². The molecule has 1 aromatic rings. The van der Waals surface area contributed by atoms with Crippen LogP contribution >= 0.6 is 0 Å². The Morgan fingerprint density at radius 2 is 2.22 bits per heavy atom. The van der Waals surface area contributed by atoms with Crippen molar-refractivity contribution in [2.75, 3.05) is 19.7 Å². The Bertz CT molecular complexity index is 645. The minimum absolute atomic E-state index is 0.0131. The maximum absolute atomic E-state index is 12.6. The van der Waals surface area contributed by atoms with E-state index in [1.165, 1.54) is 4.31 Å². The lowest BCUT2D eigenvalue weighted by molar-refractivity contribution is 0.142. The Morgan fingerprint density at radius 1 is 1.43 bits per heavy atom. The van der Waals surface area contributed by atoms with Gasteiger partial charge in [-0.15, -0.1) is 0 Å². The van der Waals surface area contributed by atoms with Gasteiger partial charge >= 0.3 is 6.09 Å². The highest BCUT2D eigenvalue weighted by Gasteiger charge is 2.29. The second kappa shape index (κ2) is 7.79. The maximum atomic E-state index is 12.6. The number of alkyl carbamates (subject to hydrolysis) is 1. The molecule has 1 amide bonds. The fraction of sp³-hybridized carbons (Fsp3) is 0.562. The standard InChI is InChI=1S/C16H24N2O4S/c1-3-22-16(19)17-15-8-5-9-18(11-15)23(20,21)12-14-7-4-6-13(2)10-14/h4,6-7,10,15H,3,5,8-9,11-12H2,1-2H3,(H,17,19)/t15-/m1/s1. The van der Waals surface area contributed by atoms with E-state index in [1.807, 2.05) is 31.2 Å². The largest absolute Gasteiger partial charge is 0.450 e. The van der Waals surface area contributed by atoms with Crippen molar-refractivity contribution in [3.8, 4) is 0 Å². The molecule has 0 spiro atoms. The Labute approximate surface area is 137 Å². The summed E-state index contributed by atoms with van der Waals surface area (Å²) in [6, 6.07) is 7.31. The molecule has 1 aromatic carbocycles. The highest BCUT2D eigenvalue weighted by atomic mass is 32.2. The fourth-order valence-corrected chi connectivity index (χ4v) is 4.35. The molecular weight excluding hydrogens is 316 g/mol. The molecule has 1 aliphatic rings. The van der Waals surface area contributed by atoms with Crippen LogP contribution in [0.2, 0.25) is 0 Å². The molecule has 1 aliphatic heterocycles. The van der Waals surface area contributed by atoms with Crippen LogP contribution in [0.25, 0.3) is 0 Å². The highest BCUT2D eigenvalue weighted by molar-refractivity contribution is 7.88. The van der Waals surface area contributed by atoms with Gasteiger partial charge in [-0.05, 0) is 32.3 Å². The lowest BCUT2D eigenvalue weighted by Crippen LogP contribution is -2.49. The summed E-state index contributed by atoms with van der Waals surface area (Å²) in [4.78, 5) is 11.5. The molecule has 1 fully saturated rings. The first-order chi connectivity index (χ1) is 10.9.